The van der Waals surface area contributed by atoms with Gasteiger partial charge in [0.25, 0.3) is 0 Å². The molecule has 1 aliphatic rings. The van der Waals surface area contributed by atoms with E-state index >= 15 is 0 Å². The molecule has 1 aromatic rings. The van der Waals surface area contributed by atoms with Crippen molar-refractivity contribution in [2.45, 2.75) is 45.1 Å². The average Bonchev–Trinajstić information content (AvgIpc) is 3.17. The van der Waals surface area contributed by atoms with Crippen molar-refractivity contribution in [1.82, 2.24) is 5.32 Å². The van der Waals surface area contributed by atoms with E-state index in [4.69, 9.17) is 5.73 Å². The Balaban J connectivity index is 1.76. The van der Waals surface area contributed by atoms with Gasteiger partial charge in [0.05, 0.1) is 0 Å². The molecule has 0 saturated heterocycles. The smallest absolute Gasteiger partial charge is 0.220 e. The van der Waals surface area contributed by atoms with Gasteiger partial charge in [0.15, 0.2) is 0 Å². The zero-order chi connectivity index (χ0) is 14.5. The minimum absolute atomic E-state index is 0.157. The van der Waals surface area contributed by atoms with Crippen LogP contribution in [0.2, 0.25) is 0 Å². The summed E-state index contributed by atoms with van der Waals surface area (Å²) in [5.41, 5.74) is 7.08. The second-order valence-electron chi connectivity index (χ2n) is 6.36. The van der Waals surface area contributed by atoms with E-state index < -0.39 is 0 Å². The van der Waals surface area contributed by atoms with Crippen molar-refractivity contribution in [3.05, 3.63) is 35.9 Å². The zero-order valence-electron chi connectivity index (χ0n) is 12.5. The Hall–Kier alpha value is -1.35. The van der Waals surface area contributed by atoms with Gasteiger partial charge in [0.1, 0.15) is 0 Å². The minimum Gasteiger partial charge on any atom is -0.353 e. The first-order chi connectivity index (χ1) is 9.60. The van der Waals surface area contributed by atoms with Crippen molar-refractivity contribution in [2.75, 3.05) is 6.54 Å². The van der Waals surface area contributed by atoms with Gasteiger partial charge in [-0.1, -0.05) is 44.2 Å². The SMILES string of the molecule is CC(C)CC(CN)CC(=O)NC1CC1c1ccccc1. The van der Waals surface area contributed by atoms with Crippen molar-refractivity contribution >= 4 is 5.91 Å². The fourth-order valence-corrected chi connectivity index (χ4v) is 2.88. The Kier molecular flexibility index (Phi) is 5.18. The molecule has 0 heterocycles. The summed E-state index contributed by atoms with van der Waals surface area (Å²) in [5, 5.41) is 3.15. The molecule has 0 bridgehead atoms. The largest absolute Gasteiger partial charge is 0.353 e. The van der Waals surface area contributed by atoms with Gasteiger partial charge in [-0.3, -0.25) is 4.79 Å². The summed E-state index contributed by atoms with van der Waals surface area (Å²) in [4.78, 5) is 12.1. The third-order valence-electron chi connectivity index (χ3n) is 3.98. The lowest BCUT2D eigenvalue weighted by atomic mass is 9.94. The zero-order valence-corrected chi connectivity index (χ0v) is 12.5. The van der Waals surface area contributed by atoms with Gasteiger partial charge < -0.3 is 11.1 Å². The normalized spacial score (nSPS) is 22.6. The van der Waals surface area contributed by atoms with Gasteiger partial charge in [-0.25, -0.2) is 0 Å². The van der Waals surface area contributed by atoms with Crippen LogP contribution in [0.3, 0.4) is 0 Å². The van der Waals surface area contributed by atoms with Crippen LogP contribution in [0.4, 0.5) is 0 Å². The Bertz CT molecular complexity index is 430. The number of hydrogen-bond donors (Lipinski definition) is 2. The van der Waals surface area contributed by atoms with Crippen LogP contribution in [0.5, 0.6) is 0 Å². The molecule has 0 radical (unpaired) electrons. The second kappa shape index (κ2) is 6.89. The van der Waals surface area contributed by atoms with Gasteiger partial charge in [0, 0.05) is 18.4 Å². The molecule has 3 atom stereocenters. The third-order valence-corrected chi connectivity index (χ3v) is 3.98. The lowest BCUT2D eigenvalue weighted by Gasteiger charge is -2.16. The highest BCUT2D eigenvalue weighted by atomic mass is 16.1. The number of nitrogens with two attached hydrogens (primary N) is 1. The van der Waals surface area contributed by atoms with Gasteiger partial charge in [0.2, 0.25) is 5.91 Å². The quantitative estimate of drug-likeness (QED) is 0.803. The Labute approximate surface area is 121 Å². The van der Waals surface area contributed by atoms with Crippen molar-refractivity contribution < 1.29 is 4.79 Å². The van der Waals surface area contributed by atoms with Gasteiger partial charge in [-0.15, -0.1) is 0 Å². The van der Waals surface area contributed by atoms with Crippen molar-refractivity contribution in [3.8, 4) is 0 Å². The van der Waals surface area contributed by atoms with Crippen LogP contribution in [-0.2, 0) is 4.79 Å². The minimum atomic E-state index is 0.157. The maximum absolute atomic E-state index is 12.1. The highest BCUT2D eigenvalue weighted by Gasteiger charge is 2.39. The Morgan fingerprint density at radius 1 is 1.35 bits per heavy atom. The lowest BCUT2D eigenvalue weighted by Crippen LogP contribution is -2.30. The summed E-state index contributed by atoms with van der Waals surface area (Å²) < 4.78 is 0. The maximum atomic E-state index is 12.1. The molecule has 1 fully saturated rings. The molecule has 110 valence electrons. The maximum Gasteiger partial charge on any atom is 0.220 e. The lowest BCUT2D eigenvalue weighted by molar-refractivity contribution is -0.122. The van der Waals surface area contributed by atoms with Crippen LogP contribution < -0.4 is 11.1 Å². The summed E-state index contributed by atoms with van der Waals surface area (Å²) in [6.07, 6.45) is 2.65. The molecule has 20 heavy (non-hydrogen) atoms. The van der Waals surface area contributed by atoms with E-state index in [9.17, 15) is 4.79 Å². The third kappa shape index (κ3) is 4.34. The van der Waals surface area contributed by atoms with Crippen LogP contribution in [-0.4, -0.2) is 18.5 Å². The molecule has 3 heteroatoms. The standard InChI is InChI=1S/C17H26N2O/c1-12(2)8-13(11-18)9-17(20)19-16-10-15(16)14-6-4-3-5-7-14/h3-7,12-13,15-16H,8-11,18H2,1-2H3,(H,19,20). The van der Waals surface area contributed by atoms with Crippen molar-refractivity contribution in [1.29, 1.82) is 0 Å². The van der Waals surface area contributed by atoms with Crippen LogP contribution in [0.1, 0.15) is 44.6 Å². The van der Waals surface area contributed by atoms with Gasteiger partial charge in [-0.05, 0) is 36.8 Å². The first-order valence-corrected chi connectivity index (χ1v) is 7.64. The summed E-state index contributed by atoms with van der Waals surface area (Å²) in [6.45, 7) is 4.94. The summed E-state index contributed by atoms with van der Waals surface area (Å²) in [7, 11) is 0. The molecule has 1 amide bonds. The van der Waals surface area contributed by atoms with Gasteiger partial charge in [-0.2, -0.15) is 0 Å². The molecule has 0 aromatic heterocycles. The van der Waals surface area contributed by atoms with Crippen molar-refractivity contribution in [3.63, 3.8) is 0 Å². The van der Waals surface area contributed by atoms with Crippen LogP contribution >= 0.6 is 0 Å². The van der Waals surface area contributed by atoms with Gasteiger partial charge >= 0.3 is 0 Å². The molecule has 3 nitrogen and oxygen atoms in total. The van der Waals surface area contributed by atoms with E-state index in [0.717, 1.165) is 12.8 Å². The fraction of sp³-hybridized carbons (Fsp3) is 0.588. The van der Waals surface area contributed by atoms with E-state index in [2.05, 4.69) is 43.4 Å². The van der Waals surface area contributed by atoms with E-state index in [1.165, 1.54) is 5.56 Å². The number of benzene rings is 1. The highest BCUT2D eigenvalue weighted by molar-refractivity contribution is 5.77. The molecule has 0 spiro atoms. The first kappa shape index (κ1) is 15.0. The molecular formula is C17H26N2O. The van der Waals surface area contributed by atoms with Crippen LogP contribution in [0.25, 0.3) is 0 Å². The number of carbonyl (C=O) groups is 1. The van der Waals surface area contributed by atoms with Crippen LogP contribution in [0, 0.1) is 11.8 Å². The van der Waals surface area contributed by atoms with E-state index in [1.54, 1.807) is 0 Å². The summed E-state index contributed by atoms with van der Waals surface area (Å²) in [6, 6.07) is 10.7. The number of rotatable bonds is 7. The molecule has 3 N–H and O–H groups in total. The van der Waals surface area contributed by atoms with Crippen LogP contribution in [0.15, 0.2) is 30.3 Å². The second-order valence-corrected chi connectivity index (χ2v) is 6.36. The number of hydrogen-bond acceptors (Lipinski definition) is 2. The monoisotopic (exact) mass is 274 g/mol. The van der Waals surface area contributed by atoms with E-state index in [0.29, 0.717) is 36.8 Å². The highest BCUT2D eigenvalue weighted by Crippen LogP contribution is 2.40. The molecule has 1 aromatic carbocycles. The molecule has 3 unspecified atom stereocenters. The number of amides is 1. The fourth-order valence-electron chi connectivity index (χ4n) is 2.88. The molecular weight excluding hydrogens is 248 g/mol. The topological polar surface area (TPSA) is 55.1 Å². The van der Waals surface area contributed by atoms with E-state index in [1.807, 2.05) is 6.07 Å². The predicted molar refractivity (Wildman–Crippen MR) is 82.3 cm³/mol. The summed E-state index contributed by atoms with van der Waals surface area (Å²) in [5.74, 6) is 1.56. The molecule has 1 aliphatic carbocycles. The molecule has 2 rings (SSSR count). The Morgan fingerprint density at radius 2 is 2.05 bits per heavy atom. The molecule has 0 aliphatic heterocycles. The van der Waals surface area contributed by atoms with E-state index in [-0.39, 0.29) is 5.91 Å². The van der Waals surface area contributed by atoms with Crippen molar-refractivity contribution in [2.24, 2.45) is 17.6 Å². The predicted octanol–water partition coefficient (Wildman–Crippen LogP) is 2.67. The molecule has 1 saturated carbocycles. The number of nitrogens with one attached hydrogen (secondary N) is 1. The first-order valence-electron chi connectivity index (χ1n) is 7.64. The summed E-state index contributed by atoms with van der Waals surface area (Å²) >= 11 is 0. The average molecular weight is 274 g/mol. The Morgan fingerprint density at radius 3 is 2.65 bits per heavy atom. The number of carbonyl (C=O) groups excluding carboxylic acids is 1.